The zero-order valence-electron chi connectivity index (χ0n) is 10.4. The van der Waals surface area contributed by atoms with E-state index in [0.29, 0.717) is 17.1 Å². The van der Waals surface area contributed by atoms with Crippen LogP contribution in [-0.2, 0) is 6.61 Å². The van der Waals surface area contributed by atoms with E-state index in [2.05, 4.69) is 0 Å². The highest BCUT2D eigenvalue weighted by atomic mass is 19.1. The Morgan fingerprint density at radius 3 is 2.68 bits per heavy atom. The van der Waals surface area contributed by atoms with Gasteiger partial charge in [0.2, 0.25) is 0 Å². The molecule has 0 unspecified atom stereocenters. The number of hydrogen-bond acceptors (Lipinski definition) is 3. The van der Waals surface area contributed by atoms with Gasteiger partial charge in [0.15, 0.2) is 0 Å². The van der Waals surface area contributed by atoms with Crippen LogP contribution < -0.4 is 9.47 Å². The molecule has 0 fully saturated rings. The van der Waals surface area contributed by atoms with Gasteiger partial charge in [-0.2, -0.15) is 5.26 Å². The maximum Gasteiger partial charge on any atom is 0.124 e. The smallest absolute Gasteiger partial charge is 0.124 e. The van der Waals surface area contributed by atoms with Crippen LogP contribution in [0.1, 0.15) is 11.1 Å². The highest BCUT2D eigenvalue weighted by Crippen LogP contribution is 2.20. The number of ether oxygens (including phenoxy) is 2. The summed E-state index contributed by atoms with van der Waals surface area (Å²) in [5, 5.41) is 8.77. The van der Waals surface area contributed by atoms with E-state index in [9.17, 15) is 4.39 Å². The summed E-state index contributed by atoms with van der Waals surface area (Å²) in [7, 11) is 1.57. The molecule has 0 aromatic heterocycles. The van der Waals surface area contributed by atoms with Crippen LogP contribution in [0, 0.1) is 17.1 Å². The van der Waals surface area contributed by atoms with Crippen LogP contribution in [-0.4, -0.2) is 7.11 Å². The van der Waals surface area contributed by atoms with Crippen molar-refractivity contribution in [1.82, 2.24) is 0 Å². The van der Waals surface area contributed by atoms with E-state index in [-0.39, 0.29) is 12.2 Å². The second kappa shape index (κ2) is 5.87. The molecular weight excluding hydrogens is 245 g/mol. The zero-order chi connectivity index (χ0) is 13.7. The summed E-state index contributed by atoms with van der Waals surface area (Å²) in [4.78, 5) is 0. The molecule has 0 aliphatic rings. The minimum Gasteiger partial charge on any atom is -0.497 e. The first-order chi connectivity index (χ1) is 9.21. The summed E-state index contributed by atoms with van der Waals surface area (Å²) in [6.07, 6.45) is 0. The van der Waals surface area contributed by atoms with E-state index in [0.717, 1.165) is 0 Å². The van der Waals surface area contributed by atoms with Crippen LogP contribution in [0.15, 0.2) is 42.5 Å². The lowest BCUT2D eigenvalue weighted by Crippen LogP contribution is -1.97. The Balaban J connectivity index is 2.10. The SMILES string of the molecule is COc1cccc(OCc2cc(F)cc(C#N)c2)c1. The van der Waals surface area contributed by atoms with Gasteiger partial charge in [-0.3, -0.25) is 0 Å². The van der Waals surface area contributed by atoms with Crippen LogP contribution >= 0.6 is 0 Å². The van der Waals surface area contributed by atoms with Gasteiger partial charge in [-0.1, -0.05) is 6.07 Å². The van der Waals surface area contributed by atoms with E-state index in [1.807, 2.05) is 12.1 Å². The predicted molar refractivity (Wildman–Crippen MR) is 68.4 cm³/mol. The molecule has 96 valence electrons. The van der Waals surface area contributed by atoms with Crippen LogP contribution in [0.5, 0.6) is 11.5 Å². The Morgan fingerprint density at radius 2 is 1.95 bits per heavy atom. The van der Waals surface area contributed by atoms with E-state index < -0.39 is 5.82 Å². The first kappa shape index (κ1) is 12.9. The molecule has 2 aromatic rings. The number of nitrogens with zero attached hydrogens (tertiary/aromatic N) is 1. The van der Waals surface area contributed by atoms with E-state index in [1.54, 1.807) is 31.4 Å². The molecule has 0 saturated carbocycles. The van der Waals surface area contributed by atoms with Gasteiger partial charge >= 0.3 is 0 Å². The average Bonchev–Trinajstić information content (AvgIpc) is 2.44. The lowest BCUT2D eigenvalue weighted by atomic mass is 10.1. The summed E-state index contributed by atoms with van der Waals surface area (Å²) in [6.45, 7) is 0.194. The van der Waals surface area contributed by atoms with E-state index >= 15 is 0 Å². The third-order valence-corrected chi connectivity index (χ3v) is 2.53. The normalized spacial score (nSPS) is 9.74. The second-order valence-corrected chi connectivity index (χ2v) is 3.93. The Bertz CT molecular complexity index is 620. The summed E-state index contributed by atoms with van der Waals surface area (Å²) in [5.41, 5.74) is 0.892. The highest BCUT2D eigenvalue weighted by Gasteiger charge is 2.02. The van der Waals surface area contributed by atoms with Crippen molar-refractivity contribution < 1.29 is 13.9 Å². The molecule has 0 aliphatic carbocycles. The molecule has 0 radical (unpaired) electrons. The summed E-state index contributed by atoms with van der Waals surface area (Å²) >= 11 is 0. The Kier molecular flexibility index (Phi) is 3.99. The van der Waals surface area contributed by atoms with Crippen molar-refractivity contribution in [1.29, 1.82) is 5.26 Å². The predicted octanol–water partition coefficient (Wildman–Crippen LogP) is 3.28. The van der Waals surface area contributed by atoms with E-state index in [4.69, 9.17) is 14.7 Å². The quantitative estimate of drug-likeness (QED) is 0.844. The van der Waals surface area contributed by atoms with Crippen LogP contribution in [0.4, 0.5) is 4.39 Å². The highest BCUT2D eigenvalue weighted by molar-refractivity contribution is 5.35. The molecule has 0 aliphatic heterocycles. The summed E-state index contributed by atoms with van der Waals surface area (Å²) < 4.78 is 23.8. The van der Waals surface area contributed by atoms with Crippen molar-refractivity contribution in [2.24, 2.45) is 0 Å². The summed E-state index contributed by atoms with van der Waals surface area (Å²) in [6, 6.07) is 13.2. The molecule has 2 rings (SSSR count). The van der Waals surface area contributed by atoms with Crippen LogP contribution in [0.3, 0.4) is 0 Å². The Morgan fingerprint density at radius 1 is 1.16 bits per heavy atom. The lowest BCUT2D eigenvalue weighted by Gasteiger charge is -2.08. The largest absolute Gasteiger partial charge is 0.497 e. The number of hydrogen-bond donors (Lipinski definition) is 0. The molecule has 0 bridgehead atoms. The van der Waals surface area contributed by atoms with Crippen LogP contribution in [0.2, 0.25) is 0 Å². The van der Waals surface area contributed by atoms with Crippen LogP contribution in [0.25, 0.3) is 0 Å². The van der Waals surface area contributed by atoms with Gasteiger partial charge in [0.25, 0.3) is 0 Å². The maximum atomic E-state index is 13.2. The molecule has 2 aromatic carbocycles. The minimum absolute atomic E-state index is 0.194. The molecule has 0 saturated heterocycles. The molecule has 3 nitrogen and oxygen atoms in total. The average molecular weight is 257 g/mol. The fourth-order valence-corrected chi connectivity index (χ4v) is 1.66. The lowest BCUT2D eigenvalue weighted by molar-refractivity contribution is 0.303. The molecule has 0 N–H and O–H groups in total. The van der Waals surface area contributed by atoms with Crippen molar-refractivity contribution in [2.75, 3.05) is 7.11 Å². The van der Waals surface area contributed by atoms with E-state index in [1.165, 1.54) is 12.1 Å². The monoisotopic (exact) mass is 257 g/mol. The molecule has 4 heteroatoms. The van der Waals surface area contributed by atoms with Crippen molar-refractivity contribution >= 4 is 0 Å². The van der Waals surface area contributed by atoms with Crippen molar-refractivity contribution in [3.05, 3.63) is 59.4 Å². The maximum absolute atomic E-state index is 13.2. The molecular formula is C15H12FNO2. The van der Waals surface area contributed by atoms with Gasteiger partial charge in [-0.15, -0.1) is 0 Å². The number of benzene rings is 2. The third-order valence-electron chi connectivity index (χ3n) is 2.53. The van der Waals surface area contributed by atoms with Gasteiger partial charge in [0, 0.05) is 6.07 Å². The molecule has 0 heterocycles. The Hall–Kier alpha value is -2.54. The molecule has 0 spiro atoms. The second-order valence-electron chi connectivity index (χ2n) is 3.93. The molecule has 0 atom stereocenters. The fourth-order valence-electron chi connectivity index (χ4n) is 1.66. The first-order valence-corrected chi connectivity index (χ1v) is 5.67. The van der Waals surface area contributed by atoms with Gasteiger partial charge in [0.1, 0.15) is 23.9 Å². The minimum atomic E-state index is -0.441. The molecule has 0 amide bonds. The number of methoxy groups -OCH3 is 1. The van der Waals surface area contributed by atoms with Gasteiger partial charge < -0.3 is 9.47 Å². The van der Waals surface area contributed by atoms with Gasteiger partial charge in [0.05, 0.1) is 18.7 Å². The molecule has 19 heavy (non-hydrogen) atoms. The van der Waals surface area contributed by atoms with Crippen molar-refractivity contribution in [3.8, 4) is 17.6 Å². The zero-order valence-corrected chi connectivity index (χ0v) is 10.4. The Labute approximate surface area is 110 Å². The summed E-state index contributed by atoms with van der Waals surface area (Å²) in [5.74, 6) is 0.875. The third kappa shape index (κ3) is 3.46. The standard InChI is InChI=1S/C15H12FNO2/c1-18-14-3-2-4-15(8-14)19-10-12-5-11(9-17)6-13(16)7-12/h2-8H,10H2,1H3. The van der Waals surface area contributed by atoms with Gasteiger partial charge in [-0.25, -0.2) is 4.39 Å². The number of halogens is 1. The number of rotatable bonds is 4. The fraction of sp³-hybridized carbons (Fsp3) is 0.133. The van der Waals surface area contributed by atoms with Gasteiger partial charge in [-0.05, 0) is 35.9 Å². The first-order valence-electron chi connectivity index (χ1n) is 5.67. The van der Waals surface area contributed by atoms with Crippen molar-refractivity contribution in [2.45, 2.75) is 6.61 Å². The van der Waals surface area contributed by atoms with Crippen molar-refractivity contribution in [3.63, 3.8) is 0 Å². The number of nitriles is 1. The topological polar surface area (TPSA) is 42.2 Å².